The van der Waals surface area contributed by atoms with Crippen molar-refractivity contribution in [2.45, 2.75) is 64.7 Å². The van der Waals surface area contributed by atoms with Crippen molar-refractivity contribution in [3.63, 3.8) is 0 Å². The smallest absolute Gasteiger partial charge is 0.162 e. The molecule has 0 unspecified atom stereocenters. The van der Waals surface area contributed by atoms with Gasteiger partial charge in [-0.2, -0.15) is 0 Å². The van der Waals surface area contributed by atoms with Crippen LogP contribution in [-0.2, 0) is 25.1 Å². The normalized spacial score (nSPS) is 20.3. The summed E-state index contributed by atoms with van der Waals surface area (Å²) < 4.78 is 46.4. The minimum absolute atomic E-state index is 0.0337. The zero-order valence-electron chi connectivity index (χ0n) is 23.2. The molecule has 1 aromatic carbocycles. The number of hydrogen-bond donors (Lipinski definition) is 0. The van der Waals surface area contributed by atoms with Crippen LogP contribution in [0.4, 0.5) is 0 Å². The quantitative estimate of drug-likeness (QED) is 0.280. The molecule has 0 saturated carbocycles. The van der Waals surface area contributed by atoms with Gasteiger partial charge in [0.25, 0.3) is 0 Å². The van der Waals surface area contributed by atoms with E-state index < -0.39 is 19.7 Å². The van der Waals surface area contributed by atoms with Gasteiger partial charge in [0, 0.05) is 50.1 Å². The molecule has 10 heteroatoms. The van der Waals surface area contributed by atoms with Gasteiger partial charge in [0.2, 0.25) is 0 Å². The second kappa shape index (κ2) is 13.2. The zero-order valence-corrected chi connectivity index (χ0v) is 24.8. The highest BCUT2D eigenvalue weighted by molar-refractivity contribution is 7.91. The van der Waals surface area contributed by atoms with Crippen LogP contribution in [0.1, 0.15) is 85.6 Å². The van der Waals surface area contributed by atoms with Gasteiger partial charge in [-0.1, -0.05) is 20.8 Å². The Bertz CT molecular complexity index is 1090. The fraction of sp³-hybridized carbons (Fsp3) is 0.714. The molecule has 0 N–H and O–H groups in total. The number of Topliss-reactive ketones (excluding diaryl/α,β-unsaturated/α-hetero) is 2. The molecule has 2 aliphatic heterocycles. The van der Waals surface area contributed by atoms with E-state index in [0.717, 1.165) is 44.3 Å². The molecular weight excluding hydrogens is 524 g/mol. The lowest BCUT2D eigenvalue weighted by Crippen LogP contribution is -2.40. The van der Waals surface area contributed by atoms with Crippen LogP contribution in [0.5, 0.6) is 0 Å². The summed E-state index contributed by atoms with van der Waals surface area (Å²) in [5.74, 6) is 0.920. The number of sulfone groups is 2. The largest absolute Gasteiger partial charge is 0.301 e. The predicted octanol–water partition coefficient (Wildman–Crippen LogP) is 3.15. The highest BCUT2D eigenvalue weighted by Gasteiger charge is 2.23. The number of carbonyl (C=O) groups excluding carboxylic acids is 2. The molecule has 2 aliphatic rings. The summed E-state index contributed by atoms with van der Waals surface area (Å²) in [5.41, 5.74) is 1.93. The topological polar surface area (TPSA) is 109 Å². The van der Waals surface area contributed by atoms with Crippen molar-refractivity contribution < 1.29 is 26.4 Å². The van der Waals surface area contributed by atoms with Gasteiger partial charge in [0.15, 0.2) is 31.2 Å². The second-order valence-corrected chi connectivity index (χ2v) is 16.4. The lowest BCUT2D eigenvalue weighted by molar-refractivity contribution is 0.0977. The molecule has 8 nitrogen and oxygen atoms in total. The van der Waals surface area contributed by atoms with E-state index in [4.69, 9.17) is 0 Å². The van der Waals surface area contributed by atoms with E-state index in [1.807, 2.05) is 12.1 Å². The summed E-state index contributed by atoms with van der Waals surface area (Å²) in [4.78, 5) is 30.4. The first kappa shape index (κ1) is 30.9. The Morgan fingerprint density at radius 2 is 1.03 bits per heavy atom. The Kier molecular flexibility index (Phi) is 10.7. The molecule has 2 heterocycles. The number of benzene rings is 1. The summed E-state index contributed by atoms with van der Waals surface area (Å²) in [6, 6.07) is 5.57. The Labute approximate surface area is 229 Å². The Balaban J connectivity index is 1.51. The third-order valence-electron chi connectivity index (χ3n) is 7.57. The monoisotopic (exact) mass is 568 g/mol. The van der Waals surface area contributed by atoms with E-state index in [-0.39, 0.29) is 40.0 Å². The fourth-order valence-corrected chi connectivity index (χ4v) is 7.41. The maximum Gasteiger partial charge on any atom is 0.162 e. The Morgan fingerprint density at radius 1 is 0.658 bits per heavy atom. The summed E-state index contributed by atoms with van der Waals surface area (Å²) in [6.45, 7) is 10.1. The first-order chi connectivity index (χ1) is 17.7. The molecule has 0 atom stereocenters. The number of unbranched alkanes of at least 4 members (excludes halogenated alkanes) is 2. The lowest BCUT2D eigenvalue weighted by atomic mass is 9.83. The number of carbonyl (C=O) groups is 2. The van der Waals surface area contributed by atoms with Crippen molar-refractivity contribution >= 4 is 31.2 Å². The number of ketones is 2. The third kappa shape index (κ3) is 9.84. The molecule has 0 radical (unpaired) electrons. The summed E-state index contributed by atoms with van der Waals surface area (Å²) >= 11 is 0. The van der Waals surface area contributed by atoms with Gasteiger partial charge in [-0.05, 0) is 68.0 Å². The minimum atomic E-state index is -2.89. The maximum atomic E-state index is 13.1. The van der Waals surface area contributed by atoms with E-state index in [2.05, 4.69) is 30.6 Å². The Morgan fingerprint density at radius 3 is 1.37 bits per heavy atom. The molecule has 0 spiro atoms. The highest BCUT2D eigenvalue weighted by Crippen LogP contribution is 2.26. The van der Waals surface area contributed by atoms with Gasteiger partial charge in [0.1, 0.15) is 0 Å². The fourth-order valence-electron chi connectivity index (χ4n) is 4.86. The van der Waals surface area contributed by atoms with E-state index in [0.29, 0.717) is 50.1 Å². The van der Waals surface area contributed by atoms with Crippen molar-refractivity contribution in [3.05, 3.63) is 34.9 Å². The zero-order chi connectivity index (χ0) is 28.0. The number of rotatable bonds is 12. The van der Waals surface area contributed by atoms with Crippen LogP contribution in [0, 0.1) is 0 Å². The minimum Gasteiger partial charge on any atom is -0.301 e. The number of hydrogen-bond acceptors (Lipinski definition) is 8. The first-order valence-corrected chi connectivity index (χ1v) is 17.5. The van der Waals surface area contributed by atoms with Crippen LogP contribution in [0.15, 0.2) is 18.2 Å². The lowest BCUT2D eigenvalue weighted by Gasteiger charge is -2.26. The van der Waals surface area contributed by atoms with Crippen molar-refractivity contribution in [1.82, 2.24) is 9.80 Å². The van der Waals surface area contributed by atoms with Crippen molar-refractivity contribution in [3.8, 4) is 0 Å². The maximum absolute atomic E-state index is 13.1. The molecular formula is C28H44N2O6S2. The number of nitrogens with zero attached hydrogens (tertiary/aromatic N) is 2. The molecule has 2 fully saturated rings. The van der Waals surface area contributed by atoms with Crippen LogP contribution >= 0.6 is 0 Å². The van der Waals surface area contributed by atoms with Gasteiger partial charge in [-0.25, -0.2) is 16.8 Å². The Hall–Kier alpha value is -1.62. The summed E-state index contributed by atoms with van der Waals surface area (Å²) in [6.07, 6.45) is 3.92. The second-order valence-electron chi connectivity index (χ2n) is 11.8. The van der Waals surface area contributed by atoms with Crippen molar-refractivity contribution in [1.29, 1.82) is 0 Å². The molecule has 0 amide bonds. The molecule has 214 valence electrons. The third-order valence-corrected chi connectivity index (χ3v) is 10.8. The van der Waals surface area contributed by atoms with Crippen molar-refractivity contribution in [2.24, 2.45) is 0 Å². The molecule has 0 aliphatic carbocycles. The molecule has 1 aromatic rings. The van der Waals surface area contributed by atoms with Gasteiger partial charge < -0.3 is 9.80 Å². The van der Waals surface area contributed by atoms with E-state index >= 15 is 0 Å². The molecule has 3 rings (SSSR count). The summed E-state index contributed by atoms with van der Waals surface area (Å²) in [7, 11) is -5.77. The van der Waals surface area contributed by atoms with Gasteiger partial charge in [-0.15, -0.1) is 0 Å². The molecule has 38 heavy (non-hydrogen) atoms. The molecule has 0 aromatic heterocycles. The molecule has 2 saturated heterocycles. The standard InChI is InChI=1S/C28H44N2O6S2/c1-28(2,3)25-21-23(26(31)8-4-6-10-29-12-16-37(33,34)17-13-29)20-24(22-25)27(32)9-5-7-11-30-14-18-38(35,36)19-15-30/h20-22H,4-19H2,1-3H3. The SMILES string of the molecule is CC(C)(C)c1cc(C(=O)CCCCN2CCS(=O)(=O)CC2)cc(C(=O)CCCCN2CCS(=O)(=O)CC2)c1. The van der Waals surface area contributed by atoms with Crippen LogP contribution in [0.25, 0.3) is 0 Å². The van der Waals surface area contributed by atoms with Crippen LogP contribution in [0.2, 0.25) is 0 Å². The first-order valence-electron chi connectivity index (χ1n) is 13.8. The van der Waals surface area contributed by atoms with Crippen LogP contribution in [0.3, 0.4) is 0 Å². The van der Waals surface area contributed by atoms with Crippen LogP contribution < -0.4 is 0 Å². The van der Waals surface area contributed by atoms with E-state index in [1.54, 1.807) is 6.07 Å². The van der Waals surface area contributed by atoms with Gasteiger partial charge in [-0.3, -0.25) is 9.59 Å². The molecule has 0 bridgehead atoms. The van der Waals surface area contributed by atoms with Crippen LogP contribution in [-0.4, -0.2) is 100 Å². The van der Waals surface area contributed by atoms with Crippen molar-refractivity contribution in [2.75, 3.05) is 62.3 Å². The van der Waals surface area contributed by atoms with Gasteiger partial charge in [0.05, 0.1) is 23.0 Å². The average Bonchev–Trinajstić information content (AvgIpc) is 2.85. The van der Waals surface area contributed by atoms with E-state index in [1.165, 1.54) is 0 Å². The highest BCUT2D eigenvalue weighted by atomic mass is 32.2. The van der Waals surface area contributed by atoms with Gasteiger partial charge >= 0.3 is 0 Å². The predicted molar refractivity (Wildman–Crippen MR) is 152 cm³/mol. The summed E-state index contributed by atoms with van der Waals surface area (Å²) in [5, 5.41) is 0. The van der Waals surface area contributed by atoms with E-state index in [9.17, 15) is 26.4 Å². The average molecular weight is 569 g/mol.